The molecule has 1 aromatic carbocycles. The minimum atomic E-state index is 0.416. The summed E-state index contributed by atoms with van der Waals surface area (Å²) in [5, 5.41) is 0. The maximum Gasteiger partial charge on any atom is 0.118 e. The third-order valence-corrected chi connectivity index (χ3v) is 5.95. The summed E-state index contributed by atoms with van der Waals surface area (Å²) >= 11 is 0. The van der Waals surface area contributed by atoms with Crippen molar-refractivity contribution in [2.75, 3.05) is 41.0 Å². The average Bonchev–Trinajstić information content (AvgIpc) is 2.88. The minimum absolute atomic E-state index is 0.416. The molecule has 128 valence electrons. The van der Waals surface area contributed by atoms with Crippen molar-refractivity contribution in [3.8, 4) is 5.75 Å². The van der Waals surface area contributed by atoms with E-state index in [1.54, 1.807) is 7.11 Å². The molecule has 3 rings (SSSR count). The highest BCUT2D eigenvalue weighted by atomic mass is 16.5. The van der Waals surface area contributed by atoms with E-state index in [1.165, 1.54) is 44.3 Å². The first-order chi connectivity index (χ1) is 11.2. The van der Waals surface area contributed by atoms with Crippen LogP contribution in [0.2, 0.25) is 0 Å². The second-order valence-electron chi connectivity index (χ2n) is 7.11. The highest BCUT2D eigenvalue weighted by Gasteiger charge is 2.45. The van der Waals surface area contributed by atoms with E-state index in [0.29, 0.717) is 11.6 Å². The molecule has 2 saturated heterocycles. The van der Waals surface area contributed by atoms with Crippen molar-refractivity contribution in [2.24, 2.45) is 0 Å². The van der Waals surface area contributed by atoms with E-state index in [1.807, 2.05) is 7.11 Å². The molecule has 0 amide bonds. The van der Waals surface area contributed by atoms with Gasteiger partial charge in [0.1, 0.15) is 5.75 Å². The Hall–Kier alpha value is -1.10. The van der Waals surface area contributed by atoms with Crippen LogP contribution in [0.5, 0.6) is 5.75 Å². The first kappa shape index (κ1) is 16.7. The average molecular weight is 318 g/mol. The SMILES string of the molecule is COC[C@@H]1CCC2(CCN(Cc3ccc(OC)cc3)CC2)N1C. The van der Waals surface area contributed by atoms with Gasteiger partial charge < -0.3 is 9.47 Å². The smallest absolute Gasteiger partial charge is 0.118 e. The van der Waals surface area contributed by atoms with E-state index >= 15 is 0 Å². The van der Waals surface area contributed by atoms with Crippen molar-refractivity contribution in [3.05, 3.63) is 29.8 Å². The molecule has 0 unspecified atom stereocenters. The number of likely N-dealkylation sites (tertiary alicyclic amines) is 2. The van der Waals surface area contributed by atoms with E-state index in [4.69, 9.17) is 9.47 Å². The van der Waals surface area contributed by atoms with Crippen LogP contribution in [0, 0.1) is 0 Å². The molecule has 1 aromatic rings. The predicted octanol–water partition coefficient (Wildman–Crippen LogP) is 2.77. The van der Waals surface area contributed by atoms with Crippen molar-refractivity contribution in [1.29, 1.82) is 0 Å². The summed E-state index contributed by atoms with van der Waals surface area (Å²) in [6.45, 7) is 4.30. The Morgan fingerprint density at radius 1 is 1.09 bits per heavy atom. The van der Waals surface area contributed by atoms with E-state index in [2.05, 4.69) is 41.1 Å². The number of piperidine rings is 1. The zero-order valence-corrected chi connectivity index (χ0v) is 14.8. The molecule has 0 saturated carbocycles. The summed E-state index contributed by atoms with van der Waals surface area (Å²) in [5.41, 5.74) is 1.79. The van der Waals surface area contributed by atoms with Gasteiger partial charge in [-0.1, -0.05) is 12.1 Å². The molecule has 0 aliphatic carbocycles. The molecule has 1 atom stereocenters. The van der Waals surface area contributed by atoms with Gasteiger partial charge in [-0.25, -0.2) is 0 Å². The largest absolute Gasteiger partial charge is 0.497 e. The molecular formula is C19H30N2O2. The van der Waals surface area contributed by atoms with Crippen molar-refractivity contribution >= 4 is 0 Å². The summed E-state index contributed by atoms with van der Waals surface area (Å²) in [7, 11) is 5.83. The third-order valence-electron chi connectivity index (χ3n) is 5.95. The van der Waals surface area contributed by atoms with Crippen LogP contribution in [-0.4, -0.2) is 62.3 Å². The first-order valence-electron chi connectivity index (χ1n) is 8.74. The van der Waals surface area contributed by atoms with Crippen LogP contribution < -0.4 is 4.74 Å². The predicted molar refractivity (Wildman–Crippen MR) is 92.9 cm³/mol. The summed E-state index contributed by atoms with van der Waals surface area (Å²) in [5.74, 6) is 0.933. The number of rotatable bonds is 5. The van der Waals surface area contributed by atoms with Crippen LogP contribution >= 0.6 is 0 Å². The van der Waals surface area contributed by atoms with Gasteiger partial charge in [0.05, 0.1) is 13.7 Å². The molecule has 0 bridgehead atoms. The highest BCUT2D eigenvalue weighted by molar-refractivity contribution is 5.27. The van der Waals surface area contributed by atoms with Gasteiger partial charge in [0.25, 0.3) is 0 Å². The molecule has 2 aliphatic rings. The van der Waals surface area contributed by atoms with Crippen LogP contribution in [0.4, 0.5) is 0 Å². The van der Waals surface area contributed by atoms with Crippen molar-refractivity contribution in [3.63, 3.8) is 0 Å². The number of nitrogens with zero attached hydrogens (tertiary/aromatic N) is 2. The number of hydrogen-bond donors (Lipinski definition) is 0. The standard InChI is InChI=1S/C19H30N2O2/c1-20-17(15-22-2)8-9-19(20)10-12-21(13-11-19)14-16-4-6-18(23-3)7-5-16/h4-7,17H,8-15H2,1-3H3/t17-/m0/s1. The Morgan fingerprint density at radius 3 is 2.39 bits per heavy atom. The number of hydrogen-bond acceptors (Lipinski definition) is 4. The lowest BCUT2D eigenvalue weighted by Gasteiger charge is -2.45. The molecule has 4 nitrogen and oxygen atoms in total. The molecule has 4 heteroatoms. The summed E-state index contributed by atoms with van der Waals surface area (Å²) in [6, 6.07) is 9.08. The molecule has 2 aliphatic heterocycles. The van der Waals surface area contributed by atoms with Gasteiger partial charge in [-0.05, 0) is 50.4 Å². The van der Waals surface area contributed by atoms with Gasteiger partial charge in [-0.3, -0.25) is 9.80 Å². The maximum atomic E-state index is 5.39. The number of benzene rings is 1. The zero-order chi connectivity index (χ0) is 16.3. The third kappa shape index (κ3) is 3.54. The fourth-order valence-electron chi connectivity index (χ4n) is 4.30. The Morgan fingerprint density at radius 2 is 1.78 bits per heavy atom. The molecule has 23 heavy (non-hydrogen) atoms. The van der Waals surface area contributed by atoms with Crippen LogP contribution in [-0.2, 0) is 11.3 Å². The summed E-state index contributed by atoms with van der Waals surface area (Å²) in [6.07, 6.45) is 5.16. The fraction of sp³-hybridized carbons (Fsp3) is 0.684. The first-order valence-corrected chi connectivity index (χ1v) is 8.74. The molecule has 2 fully saturated rings. The van der Waals surface area contributed by atoms with Gasteiger partial charge in [0.15, 0.2) is 0 Å². The van der Waals surface area contributed by atoms with Crippen molar-refractivity contribution in [1.82, 2.24) is 9.80 Å². The molecule has 0 radical (unpaired) electrons. The minimum Gasteiger partial charge on any atom is -0.497 e. The zero-order valence-electron chi connectivity index (χ0n) is 14.8. The molecular weight excluding hydrogens is 288 g/mol. The number of likely N-dealkylation sites (N-methyl/N-ethyl adjacent to an activating group) is 1. The number of methoxy groups -OCH3 is 2. The van der Waals surface area contributed by atoms with Crippen LogP contribution in [0.1, 0.15) is 31.2 Å². The van der Waals surface area contributed by atoms with Gasteiger partial charge in [0.2, 0.25) is 0 Å². The molecule has 0 N–H and O–H groups in total. The number of ether oxygens (including phenoxy) is 2. The van der Waals surface area contributed by atoms with Gasteiger partial charge in [-0.2, -0.15) is 0 Å². The topological polar surface area (TPSA) is 24.9 Å². The molecule has 2 heterocycles. The Labute approximate surface area is 140 Å². The lowest BCUT2D eigenvalue weighted by Crippen LogP contribution is -2.52. The Kier molecular flexibility index (Phi) is 5.24. The quantitative estimate of drug-likeness (QED) is 0.833. The van der Waals surface area contributed by atoms with Gasteiger partial charge in [-0.15, -0.1) is 0 Å². The molecule has 1 spiro atoms. The Bertz CT molecular complexity index is 495. The summed E-state index contributed by atoms with van der Waals surface area (Å²) < 4.78 is 10.6. The van der Waals surface area contributed by atoms with Gasteiger partial charge >= 0.3 is 0 Å². The normalized spacial score (nSPS) is 25.1. The second kappa shape index (κ2) is 7.20. The van der Waals surface area contributed by atoms with Crippen molar-refractivity contribution in [2.45, 2.75) is 43.8 Å². The van der Waals surface area contributed by atoms with E-state index in [0.717, 1.165) is 18.9 Å². The van der Waals surface area contributed by atoms with E-state index in [-0.39, 0.29) is 0 Å². The Balaban J connectivity index is 1.54. The fourth-order valence-corrected chi connectivity index (χ4v) is 4.30. The lowest BCUT2D eigenvalue weighted by molar-refractivity contribution is 0.0282. The summed E-state index contributed by atoms with van der Waals surface area (Å²) in [4.78, 5) is 5.20. The maximum absolute atomic E-state index is 5.39. The lowest BCUT2D eigenvalue weighted by atomic mass is 9.85. The van der Waals surface area contributed by atoms with E-state index in [9.17, 15) is 0 Å². The van der Waals surface area contributed by atoms with Crippen LogP contribution in [0.25, 0.3) is 0 Å². The van der Waals surface area contributed by atoms with Gasteiger partial charge in [0, 0.05) is 38.3 Å². The van der Waals surface area contributed by atoms with Crippen LogP contribution in [0.3, 0.4) is 0 Å². The second-order valence-corrected chi connectivity index (χ2v) is 7.11. The highest BCUT2D eigenvalue weighted by Crippen LogP contribution is 2.40. The monoisotopic (exact) mass is 318 g/mol. The molecule has 0 aromatic heterocycles. The van der Waals surface area contributed by atoms with Crippen LogP contribution in [0.15, 0.2) is 24.3 Å². The van der Waals surface area contributed by atoms with E-state index < -0.39 is 0 Å². The van der Waals surface area contributed by atoms with Crippen molar-refractivity contribution < 1.29 is 9.47 Å².